The monoisotopic (exact) mass is 385 g/mol. The number of nitrogens with one attached hydrogen (secondary N) is 2. The molecule has 0 saturated carbocycles. The molecule has 0 spiro atoms. The lowest BCUT2D eigenvalue weighted by atomic mass is 10.2. The number of methoxy groups -OCH3 is 2. The molecular formula is C19H19N3O4S. The summed E-state index contributed by atoms with van der Waals surface area (Å²) in [6.07, 6.45) is 0. The summed E-state index contributed by atoms with van der Waals surface area (Å²) in [6, 6.07) is 10.4. The second-order valence-electron chi connectivity index (χ2n) is 5.76. The lowest BCUT2D eigenvalue weighted by molar-refractivity contribution is -0.119. The van der Waals surface area contributed by atoms with Crippen LogP contribution in [0.5, 0.6) is 5.75 Å². The summed E-state index contributed by atoms with van der Waals surface area (Å²) in [5.41, 5.74) is 2.26. The average molecular weight is 385 g/mol. The van der Waals surface area contributed by atoms with Crippen molar-refractivity contribution in [1.82, 2.24) is 4.98 Å². The van der Waals surface area contributed by atoms with Crippen molar-refractivity contribution in [3.8, 4) is 5.75 Å². The van der Waals surface area contributed by atoms with E-state index in [-0.39, 0.29) is 18.4 Å². The van der Waals surface area contributed by atoms with Crippen molar-refractivity contribution in [3.05, 3.63) is 47.0 Å². The minimum Gasteiger partial charge on any atom is -0.497 e. The molecule has 0 bridgehead atoms. The predicted octanol–water partition coefficient (Wildman–Crippen LogP) is 3.45. The van der Waals surface area contributed by atoms with Crippen LogP contribution in [0.15, 0.2) is 36.4 Å². The first-order valence-corrected chi connectivity index (χ1v) is 8.97. The average Bonchev–Trinajstić information content (AvgIpc) is 3.02. The molecule has 2 N–H and O–H groups in total. The van der Waals surface area contributed by atoms with Crippen molar-refractivity contribution in [1.29, 1.82) is 0 Å². The van der Waals surface area contributed by atoms with Crippen LogP contribution in [0.1, 0.15) is 15.4 Å². The van der Waals surface area contributed by atoms with Crippen LogP contribution in [0.2, 0.25) is 0 Å². The number of nitrogens with zero attached hydrogens (tertiary/aromatic N) is 1. The zero-order valence-corrected chi connectivity index (χ0v) is 16.0. The van der Waals surface area contributed by atoms with Crippen LogP contribution < -0.4 is 15.4 Å². The van der Waals surface area contributed by atoms with Crippen molar-refractivity contribution >= 4 is 44.7 Å². The van der Waals surface area contributed by atoms with Crippen molar-refractivity contribution in [3.63, 3.8) is 0 Å². The van der Waals surface area contributed by atoms with Crippen LogP contribution in [0.3, 0.4) is 0 Å². The number of hydrogen-bond donors (Lipinski definition) is 2. The van der Waals surface area contributed by atoms with E-state index in [9.17, 15) is 9.59 Å². The van der Waals surface area contributed by atoms with Crippen LogP contribution in [-0.4, -0.2) is 37.6 Å². The van der Waals surface area contributed by atoms with E-state index >= 15 is 0 Å². The van der Waals surface area contributed by atoms with E-state index in [1.165, 1.54) is 25.6 Å². The minimum absolute atomic E-state index is 0.0825. The highest BCUT2D eigenvalue weighted by Crippen LogP contribution is 2.28. The van der Waals surface area contributed by atoms with Gasteiger partial charge in [-0.15, -0.1) is 11.3 Å². The molecule has 0 radical (unpaired) electrons. The number of carbonyl (C=O) groups is 2. The SMILES string of the molecule is COCC(=O)Nc1ccc(OC)cc1NC(=O)c1ccc2nc(C)sc2c1. The summed E-state index contributed by atoms with van der Waals surface area (Å²) in [5, 5.41) is 6.48. The Bertz CT molecular complexity index is 1000. The molecule has 140 valence electrons. The zero-order valence-electron chi connectivity index (χ0n) is 15.2. The molecule has 8 heteroatoms. The summed E-state index contributed by atoms with van der Waals surface area (Å²) in [5.74, 6) is -0.0539. The van der Waals surface area contributed by atoms with Gasteiger partial charge < -0.3 is 20.1 Å². The van der Waals surface area contributed by atoms with Gasteiger partial charge in [0.15, 0.2) is 0 Å². The number of anilines is 2. The summed E-state index contributed by atoms with van der Waals surface area (Å²) in [4.78, 5) is 29.0. The first kappa shape index (κ1) is 18.8. The van der Waals surface area contributed by atoms with Gasteiger partial charge in [-0.1, -0.05) is 0 Å². The number of ether oxygens (including phenoxy) is 2. The normalized spacial score (nSPS) is 10.6. The Morgan fingerprint density at radius 1 is 1.07 bits per heavy atom. The number of hydrogen-bond acceptors (Lipinski definition) is 6. The summed E-state index contributed by atoms with van der Waals surface area (Å²) in [7, 11) is 2.97. The largest absolute Gasteiger partial charge is 0.497 e. The third-order valence-corrected chi connectivity index (χ3v) is 4.72. The molecule has 2 aromatic carbocycles. The van der Waals surface area contributed by atoms with Gasteiger partial charge in [-0.3, -0.25) is 9.59 Å². The predicted molar refractivity (Wildman–Crippen MR) is 106 cm³/mol. The van der Waals surface area contributed by atoms with Gasteiger partial charge in [0.05, 0.1) is 33.7 Å². The van der Waals surface area contributed by atoms with Crippen molar-refractivity contribution in [2.24, 2.45) is 0 Å². The first-order valence-electron chi connectivity index (χ1n) is 8.15. The Kier molecular flexibility index (Phi) is 5.68. The van der Waals surface area contributed by atoms with Crippen LogP contribution >= 0.6 is 11.3 Å². The van der Waals surface area contributed by atoms with E-state index in [1.54, 1.807) is 30.3 Å². The van der Waals surface area contributed by atoms with Gasteiger partial charge in [0, 0.05) is 18.7 Å². The Hall–Kier alpha value is -2.97. The van der Waals surface area contributed by atoms with E-state index < -0.39 is 0 Å². The minimum atomic E-state index is -0.320. The fourth-order valence-corrected chi connectivity index (χ4v) is 3.42. The highest BCUT2D eigenvalue weighted by molar-refractivity contribution is 7.18. The molecule has 1 heterocycles. The van der Waals surface area contributed by atoms with Gasteiger partial charge in [-0.2, -0.15) is 0 Å². The number of rotatable bonds is 6. The molecule has 2 amide bonds. The lowest BCUT2D eigenvalue weighted by Crippen LogP contribution is -2.19. The van der Waals surface area contributed by atoms with E-state index in [0.717, 1.165) is 15.2 Å². The van der Waals surface area contributed by atoms with Crippen molar-refractivity contribution in [2.45, 2.75) is 6.92 Å². The topological polar surface area (TPSA) is 89.5 Å². The summed E-state index contributed by atoms with van der Waals surface area (Å²) in [6.45, 7) is 1.84. The van der Waals surface area contributed by atoms with Gasteiger partial charge in [-0.05, 0) is 37.3 Å². The number of thiazole rings is 1. The Balaban J connectivity index is 1.87. The highest BCUT2D eigenvalue weighted by atomic mass is 32.1. The van der Waals surface area contributed by atoms with Crippen LogP contribution in [0.25, 0.3) is 10.2 Å². The third-order valence-electron chi connectivity index (χ3n) is 3.78. The highest BCUT2D eigenvalue weighted by Gasteiger charge is 2.14. The second-order valence-corrected chi connectivity index (χ2v) is 7.00. The number of fused-ring (bicyclic) bond motifs is 1. The fourth-order valence-electron chi connectivity index (χ4n) is 2.56. The Morgan fingerprint density at radius 2 is 1.89 bits per heavy atom. The molecule has 3 aromatic rings. The van der Waals surface area contributed by atoms with Gasteiger partial charge in [-0.25, -0.2) is 4.98 Å². The number of amides is 2. The summed E-state index contributed by atoms with van der Waals surface area (Å²) < 4.78 is 11.0. The maximum Gasteiger partial charge on any atom is 0.255 e. The molecule has 0 aliphatic heterocycles. The second kappa shape index (κ2) is 8.15. The number of aromatic nitrogens is 1. The van der Waals surface area contributed by atoms with Crippen LogP contribution in [-0.2, 0) is 9.53 Å². The molecule has 3 rings (SSSR count). The maximum atomic E-state index is 12.7. The molecule has 0 aliphatic rings. The Labute approximate surface area is 160 Å². The summed E-state index contributed by atoms with van der Waals surface area (Å²) >= 11 is 1.53. The van der Waals surface area contributed by atoms with E-state index in [1.807, 2.05) is 13.0 Å². The molecule has 0 fully saturated rings. The van der Waals surface area contributed by atoms with Crippen LogP contribution in [0.4, 0.5) is 11.4 Å². The van der Waals surface area contributed by atoms with E-state index in [4.69, 9.17) is 9.47 Å². The maximum absolute atomic E-state index is 12.7. The molecule has 0 unspecified atom stereocenters. The molecule has 0 saturated heterocycles. The van der Waals surface area contributed by atoms with Gasteiger partial charge in [0.1, 0.15) is 12.4 Å². The molecule has 0 aliphatic carbocycles. The first-order chi connectivity index (χ1) is 13.0. The van der Waals surface area contributed by atoms with Gasteiger partial charge in [0.25, 0.3) is 5.91 Å². The molecule has 0 atom stereocenters. The number of aryl methyl sites for hydroxylation is 1. The van der Waals surface area contributed by atoms with Crippen LogP contribution in [0, 0.1) is 6.92 Å². The number of carbonyl (C=O) groups excluding carboxylic acids is 2. The third kappa shape index (κ3) is 4.42. The molecular weight excluding hydrogens is 366 g/mol. The quantitative estimate of drug-likeness (QED) is 0.678. The molecule has 1 aromatic heterocycles. The lowest BCUT2D eigenvalue weighted by Gasteiger charge is -2.14. The molecule has 27 heavy (non-hydrogen) atoms. The van der Waals surface area contributed by atoms with E-state index in [2.05, 4.69) is 15.6 Å². The van der Waals surface area contributed by atoms with Gasteiger partial charge >= 0.3 is 0 Å². The number of benzene rings is 2. The zero-order chi connectivity index (χ0) is 19.4. The van der Waals surface area contributed by atoms with Gasteiger partial charge in [0.2, 0.25) is 5.91 Å². The molecule has 7 nitrogen and oxygen atoms in total. The fraction of sp³-hybridized carbons (Fsp3) is 0.211. The smallest absolute Gasteiger partial charge is 0.255 e. The van der Waals surface area contributed by atoms with E-state index in [0.29, 0.717) is 22.7 Å². The van der Waals surface area contributed by atoms with Crippen molar-refractivity contribution in [2.75, 3.05) is 31.5 Å². The standard InChI is InChI=1S/C19H19N3O4S/c1-11-20-15-6-4-12(8-17(15)27-11)19(24)22-16-9-13(26-3)5-7-14(16)21-18(23)10-25-2/h4-9H,10H2,1-3H3,(H,21,23)(H,22,24). The van der Waals surface area contributed by atoms with Crippen molar-refractivity contribution < 1.29 is 19.1 Å². The Morgan fingerprint density at radius 3 is 2.63 bits per heavy atom.